The zero-order valence-electron chi connectivity index (χ0n) is 9.61. The summed E-state index contributed by atoms with van der Waals surface area (Å²) in [6.07, 6.45) is 0. The summed E-state index contributed by atoms with van der Waals surface area (Å²) in [4.78, 5) is 2.60. The lowest BCUT2D eigenvalue weighted by Crippen LogP contribution is -2.31. The Morgan fingerprint density at radius 3 is 2.81 bits per heavy atom. The van der Waals surface area contributed by atoms with Gasteiger partial charge in [0.1, 0.15) is 5.82 Å². The third-order valence-corrected chi connectivity index (χ3v) is 2.82. The molecule has 0 spiro atoms. The highest BCUT2D eigenvalue weighted by Gasteiger charge is 2.09. The minimum absolute atomic E-state index is 0.175. The van der Waals surface area contributed by atoms with Crippen molar-refractivity contribution in [3.8, 4) is 0 Å². The van der Waals surface area contributed by atoms with Gasteiger partial charge in [-0.25, -0.2) is 4.39 Å². The fourth-order valence-corrected chi connectivity index (χ4v) is 1.64. The Kier molecular flexibility index (Phi) is 4.83. The Morgan fingerprint density at radius 1 is 1.56 bits per heavy atom. The molecule has 1 unspecified atom stereocenters. The van der Waals surface area contributed by atoms with Crippen LogP contribution in [0.5, 0.6) is 0 Å². The molecule has 0 heterocycles. The Bertz CT molecular complexity index is 368. The summed E-state index contributed by atoms with van der Waals surface area (Å²) in [7, 11) is 1.97. The molecule has 0 bridgehead atoms. The fourth-order valence-electron chi connectivity index (χ4n) is 1.57. The number of nitrogens with zero attached hydrogens (tertiary/aromatic N) is 1. The summed E-state index contributed by atoms with van der Waals surface area (Å²) in [5, 5.41) is 0. The summed E-state index contributed by atoms with van der Waals surface area (Å²) < 4.78 is 12.9. The highest BCUT2D eigenvalue weighted by molar-refractivity contribution is 7.80. The van der Waals surface area contributed by atoms with Crippen molar-refractivity contribution < 1.29 is 4.39 Å². The SMILES string of the molecule is CC(CN(C)Cc1cccc(F)c1)C(N)=S. The molecule has 2 N–H and O–H groups in total. The van der Waals surface area contributed by atoms with Crippen LogP contribution in [-0.2, 0) is 6.54 Å². The quantitative estimate of drug-likeness (QED) is 0.800. The average Bonchev–Trinajstić information content (AvgIpc) is 2.16. The maximum atomic E-state index is 12.9. The summed E-state index contributed by atoms with van der Waals surface area (Å²) in [5.41, 5.74) is 6.50. The summed E-state index contributed by atoms with van der Waals surface area (Å²) in [5.74, 6) is -0.0261. The van der Waals surface area contributed by atoms with E-state index in [4.69, 9.17) is 18.0 Å². The van der Waals surface area contributed by atoms with E-state index in [0.717, 1.165) is 12.1 Å². The first kappa shape index (κ1) is 13.1. The van der Waals surface area contributed by atoms with Crippen LogP contribution in [0.1, 0.15) is 12.5 Å². The van der Waals surface area contributed by atoms with Crippen LogP contribution in [0.15, 0.2) is 24.3 Å². The zero-order valence-corrected chi connectivity index (χ0v) is 10.4. The number of halogens is 1. The molecule has 0 fully saturated rings. The number of rotatable bonds is 5. The zero-order chi connectivity index (χ0) is 12.1. The maximum Gasteiger partial charge on any atom is 0.123 e. The van der Waals surface area contributed by atoms with Crippen LogP contribution < -0.4 is 5.73 Å². The van der Waals surface area contributed by atoms with E-state index in [-0.39, 0.29) is 11.7 Å². The average molecular weight is 240 g/mol. The second-order valence-corrected chi connectivity index (χ2v) is 4.60. The maximum absolute atomic E-state index is 12.9. The van der Waals surface area contributed by atoms with E-state index >= 15 is 0 Å². The minimum atomic E-state index is -0.201. The van der Waals surface area contributed by atoms with Gasteiger partial charge in [-0.05, 0) is 24.7 Å². The molecule has 88 valence electrons. The van der Waals surface area contributed by atoms with Gasteiger partial charge in [0.25, 0.3) is 0 Å². The minimum Gasteiger partial charge on any atom is -0.393 e. The first-order valence-electron chi connectivity index (χ1n) is 5.21. The topological polar surface area (TPSA) is 29.3 Å². The van der Waals surface area contributed by atoms with Gasteiger partial charge in [-0.1, -0.05) is 31.3 Å². The highest BCUT2D eigenvalue weighted by Crippen LogP contribution is 2.08. The lowest BCUT2D eigenvalue weighted by Gasteiger charge is -2.20. The van der Waals surface area contributed by atoms with Crippen LogP contribution in [0.2, 0.25) is 0 Å². The third kappa shape index (κ3) is 4.24. The van der Waals surface area contributed by atoms with E-state index in [1.807, 2.05) is 20.0 Å². The Labute approximate surface area is 101 Å². The van der Waals surface area contributed by atoms with Gasteiger partial charge in [0.15, 0.2) is 0 Å². The first-order chi connectivity index (χ1) is 7.49. The van der Waals surface area contributed by atoms with E-state index in [9.17, 15) is 4.39 Å². The van der Waals surface area contributed by atoms with Crippen LogP contribution in [0.25, 0.3) is 0 Å². The number of thiocarbonyl (C=S) groups is 1. The van der Waals surface area contributed by atoms with Gasteiger partial charge in [0.05, 0.1) is 4.99 Å². The molecular weight excluding hydrogens is 223 g/mol. The molecule has 0 aliphatic rings. The largest absolute Gasteiger partial charge is 0.393 e. The van der Waals surface area contributed by atoms with Crippen LogP contribution in [-0.4, -0.2) is 23.5 Å². The van der Waals surface area contributed by atoms with E-state index in [2.05, 4.69) is 4.90 Å². The van der Waals surface area contributed by atoms with Crippen molar-refractivity contribution in [1.29, 1.82) is 0 Å². The highest BCUT2D eigenvalue weighted by atomic mass is 32.1. The lowest BCUT2D eigenvalue weighted by atomic mass is 10.1. The first-order valence-corrected chi connectivity index (χ1v) is 5.62. The predicted octanol–water partition coefficient (Wildman–Crippen LogP) is 2.18. The molecule has 0 aliphatic heterocycles. The molecule has 0 aromatic heterocycles. The number of hydrogen-bond acceptors (Lipinski definition) is 2. The van der Waals surface area contributed by atoms with Crippen molar-refractivity contribution in [2.45, 2.75) is 13.5 Å². The molecule has 4 heteroatoms. The van der Waals surface area contributed by atoms with E-state index in [1.54, 1.807) is 12.1 Å². The van der Waals surface area contributed by atoms with Crippen molar-refractivity contribution in [2.75, 3.05) is 13.6 Å². The Hall–Kier alpha value is -1.00. The molecule has 0 amide bonds. The van der Waals surface area contributed by atoms with Gasteiger partial charge < -0.3 is 10.6 Å². The summed E-state index contributed by atoms with van der Waals surface area (Å²) in [6, 6.07) is 6.61. The number of hydrogen-bond donors (Lipinski definition) is 1. The third-order valence-electron chi connectivity index (χ3n) is 2.41. The van der Waals surface area contributed by atoms with Crippen molar-refractivity contribution in [3.63, 3.8) is 0 Å². The van der Waals surface area contributed by atoms with Crippen molar-refractivity contribution >= 4 is 17.2 Å². The molecular formula is C12H17FN2S. The van der Waals surface area contributed by atoms with Crippen molar-refractivity contribution in [1.82, 2.24) is 4.90 Å². The molecule has 0 radical (unpaired) electrons. The Balaban J connectivity index is 2.51. The molecule has 0 saturated heterocycles. The van der Waals surface area contributed by atoms with E-state index in [1.165, 1.54) is 6.07 Å². The molecule has 0 aliphatic carbocycles. The lowest BCUT2D eigenvalue weighted by molar-refractivity contribution is 0.307. The molecule has 1 atom stereocenters. The monoisotopic (exact) mass is 240 g/mol. The van der Waals surface area contributed by atoms with Gasteiger partial charge in [-0.2, -0.15) is 0 Å². The van der Waals surface area contributed by atoms with Gasteiger partial charge in [0, 0.05) is 19.0 Å². The standard InChI is InChI=1S/C12H17FN2S/c1-9(12(14)16)7-15(2)8-10-4-3-5-11(13)6-10/h3-6,9H,7-8H2,1-2H3,(H2,14,16). The molecule has 1 rings (SSSR count). The second kappa shape index (κ2) is 5.92. The van der Waals surface area contributed by atoms with Gasteiger partial charge in [-0.15, -0.1) is 0 Å². The second-order valence-electron chi connectivity index (χ2n) is 4.13. The van der Waals surface area contributed by atoms with E-state index < -0.39 is 0 Å². The fraction of sp³-hybridized carbons (Fsp3) is 0.417. The smallest absolute Gasteiger partial charge is 0.123 e. The van der Waals surface area contributed by atoms with Crippen LogP contribution in [0.4, 0.5) is 4.39 Å². The van der Waals surface area contributed by atoms with Crippen LogP contribution >= 0.6 is 12.2 Å². The molecule has 16 heavy (non-hydrogen) atoms. The van der Waals surface area contributed by atoms with Crippen LogP contribution in [0, 0.1) is 11.7 Å². The van der Waals surface area contributed by atoms with Gasteiger partial charge in [-0.3, -0.25) is 0 Å². The molecule has 2 nitrogen and oxygen atoms in total. The summed E-state index contributed by atoms with van der Waals surface area (Å²) >= 11 is 4.91. The van der Waals surface area contributed by atoms with Crippen molar-refractivity contribution in [3.05, 3.63) is 35.6 Å². The summed E-state index contributed by atoms with van der Waals surface area (Å²) in [6.45, 7) is 3.47. The molecule has 0 saturated carbocycles. The van der Waals surface area contributed by atoms with E-state index in [0.29, 0.717) is 11.5 Å². The molecule has 1 aromatic carbocycles. The van der Waals surface area contributed by atoms with Gasteiger partial charge in [0.2, 0.25) is 0 Å². The van der Waals surface area contributed by atoms with Gasteiger partial charge >= 0.3 is 0 Å². The number of benzene rings is 1. The normalized spacial score (nSPS) is 12.8. The van der Waals surface area contributed by atoms with Crippen molar-refractivity contribution in [2.24, 2.45) is 11.7 Å². The molecule has 1 aromatic rings. The predicted molar refractivity (Wildman–Crippen MR) is 68.7 cm³/mol. The number of nitrogens with two attached hydrogens (primary N) is 1. The Morgan fingerprint density at radius 2 is 2.25 bits per heavy atom. The van der Waals surface area contributed by atoms with Crippen LogP contribution in [0.3, 0.4) is 0 Å².